The molecule has 5 rings (SSSR count). The Labute approximate surface area is 170 Å². The first-order valence-corrected chi connectivity index (χ1v) is 9.20. The number of H-pyrrole nitrogens is 1. The van der Waals surface area contributed by atoms with Crippen LogP contribution in [-0.4, -0.2) is 37.3 Å². The Morgan fingerprint density at radius 1 is 1.21 bits per heavy atom. The molecule has 0 aliphatic rings. The van der Waals surface area contributed by atoms with Gasteiger partial charge in [0.05, 0.1) is 48.1 Å². The monoisotopic (exact) mass is 406 g/mol. The van der Waals surface area contributed by atoms with Gasteiger partial charge in [-0.25, -0.2) is 10.1 Å². The molecule has 9 heteroatoms. The van der Waals surface area contributed by atoms with Crippen LogP contribution in [0.1, 0.15) is 5.69 Å². The Hall–Kier alpha value is -3.65. The number of methoxy groups -OCH3 is 1. The number of furan rings is 1. The quantitative estimate of drug-likeness (QED) is 0.470. The minimum atomic E-state index is 0.520. The first kappa shape index (κ1) is 17.4. The average Bonchev–Trinajstić information content (AvgIpc) is 3.49. The average molecular weight is 407 g/mol. The fraction of sp³-hybridized carbons (Fsp3) is 0.100. The molecule has 0 radical (unpaired) electrons. The zero-order valence-corrected chi connectivity index (χ0v) is 16.1. The van der Waals surface area contributed by atoms with Gasteiger partial charge in [-0.15, -0.1) is 5.10 Å². The molecule has 144 valence electrons. The van der Waals surface area contributed by atoms with E-state index in [4.69, 9.17) is 25.7 Å². The molecule has 0 aliphatic carbocycles. The van der Waals surface area contributed by atoms with E-state index in [2.05, 4.69) is 31.3 Å². The second kappa shape index (κ2) is 7.06. The lowest BCUT2D eigenvalue weighted by Gasteiger charge is -2.11. The van der Waals surface area contributed by atoms with Crippen LogP contribution in [0.4, 0.5) is 0 Å². The van der Waals surface area contributed by atoms with Gasteiger partial charge >= 0.3 is 0 Å². The Bertz CT molecular complexity index is 1280. The van der Waals surface area contributed by atoms with Crippen molar-refractivity contribution in [2.24, 2.45) is 0 Å². The van der Waals surface area contributed by atoms with E-state index in [-0.39, 0.29) is 0 Å². The lowest BCUT2D eigenvalue weighted by atomic mass is 10.2. The van der Waals surface area contributed by atoms with E-state index < -0.39 is 0 Å². The molecule has 8 nitrogen and oxygen atoms in total. The zero-order valence-electron chi connectivity index (χ0n) is 15.3. The van der Waals surface area contributed by atoms with Crippen LogP contribution in [0.15, 0.2) is 59.4 Å². The van der Waals surface area contributed by atoms with E-state index >= 15 is 0 Å². The number of fused-ring (bicyclic) bond motifs is 1. The van der Waals surface area contributed by atoms with Crippen LogP contribution < -0.4 is 4.74 Å². The van der Waals surface area contributed by atoms with Crippen molar-refractivity contribution in [3.63, 3.8) is 0 Å². The summed E-state index contributed by atoms with van der Waals surface area (Å²) in [6.45, 7) is 0.530. The largest absolute Gasteiger partial charge is 0.495 e. The maximum Gasteiger partial charge on any atom is 0.198 e. The van der Waals surface area contributed by atoms with Crippen LogP contribution in [0.2, 0.25) is 5.02 Å². The maximum atomic E-state index is 6.41. The van der Waals surface area contributed by atoms with Crippen molar-refractivity contribution in [3.8, 4) is 28.5 Å². The van der Waals surface area contributed by atoms with Crippen molar-refractivity contribution < 1.29 is 9.15 Å². The van der Waals surface area contributed by atoms with E-state index in [0.717, 1.165) is 27.9 Å². The molecule has 0 bridgehead atoms. The zero-order chi connectivity index (χ0) is 19.8. The van der Waals surface area contributed by atoms with Gasteiger partial charge in [0.25, 0.3) is 0 Å². The number of ether oxygens (including phenoxy) is 1. The number of pyridine rings is 1. The number of halogens is 1. The summed E-state index contributed by atoms with van der Waals surface area (Å²) in [6.07, 6.45) is 3.37. The predicted molar refractivity (Wildman–Crippen MR) is 108 cm³/mol. The summed E-state index contributed by atoms with van der Waals surface area (Å²) in [7, 11) is 1.61. The van der Waals surface area contributed by atoms with Crippen LogP contribution >= 0.6 is 11.6 Å². The van der Waals surface area contributed by atoms with Gasteiger partial charge in [0, 0.05) is 10.9 Å². The highest BCUT2D eigenvalue weighted by atomic mass is 35.5. The molecular weight excluding hydrogens is 392 g/mol. The summed E-state index contributed by atoms with van der Waals surface area (Å²) >= 11 is 6.41. The molecule has 1 aromatic carbocycles. The Balaban J connectivity index is 1.65. The van der Waals surface area contributed by atoms with Crippen molar-refractivity contribution in [2.45, 2.75) is 6.54 Å². The fourth-order valence-corrected chi connectivity index (χ4v) is 3.60. The minimum absolute atomic E-state index is 0.520. The number of nitrogens with one attached hydrogen (secondary N) is 1. The highest BCUT2D eigenvalue weighted by molar-refractivity contribution is 6.32. The predicted octanol–water partition coefficient (Wildman–Crippen LogP) is 4.19. The molecule has 0 spiro atoms. The molecule has 5 aromatic rings. The maximum absolute atomic E-state index is 6.41. The number of nitrogens with zero attached hydrogens (tertiary/aromatic N) is 5. The molecule has 1 N–H and O–H groups in total. The third-order valence-electron chi connectivity index (χ3n) is 4.71. The second-order valence-corrected chi connectivity index (χ2v) is 6.84. The third-order valence-corrected chi connectivity index (χ3v) is 5.00. The molecule has 4 heterocycles. The van der Waals surface area contributed by atoms with Crippen LogP contribution in [0.3, 0.4) is 0 Å². The first-order valence-electron chi connectivity index (χ1n) is 8.82. The van der Waals surface area contributed by atoms with Gasteiger partial charge in [-0.2, -0.15) is 0 Å². The molecule has 0 amide bonds. The summed E-state index contributed by atoms with van der Waals surface area (Å²) in [6, 6.07) is 13.6. The van der Waals surface area contributed by atoms with Crippen LogP contribution in [0.25, 0.3) is 33.7 Å². The molecule has 0 aliphatic heterocycles. The Morgan fingerprint density at radius 3 is 2.90 bits per heavy atom. The first-order chi connectivity index (χ1) is 14.2. The van der Waals surface area contributed by atoms with Crippen molar-refractivity contribution in [3.05, 3.63) is 65.7 Å². The smallest absolute Gasteiger partial charge is 0.198 e. The van der Waals surface area contributed by atoms with Crippen molar-refractivity contribution in [2.75, 3.05) is 7.11 Å². The summed E-state index contributed by atoms with van der Waals surface area (Å²) < 4.78 is 12.8. The molecule has 0 atom stereocenters. The van der Waals surface area contributed by atoms with Gasteiger partial charge in [-0.3, -0.25) is 0 Å². The standard InChI is InChI=1S/C20H15ClN6O2/c1-28-19-8-13-7-17(12-5-6-29-11-12)27(18(13)9-15(19)21)10-14-3-2-4-16(22-14)20-23-25-26-24-20/h2-9,11H,10H2,1H3,(H,23,24,25,26). The fourth-order valence-electron chi connectivity index (χ4n) is 3.37. The number of tetrazole rings is 1. The van der Waals surface area contributed by atoms with Gasteiger partial charge < -0.3 is 13.7 Å². The summed E-state index contributed by atoms with van der Waals surface area (Å²) in [5.41, 5.74) is 4.46. The molecule has 0 unspecified atom stereocenters. The second-order valence-electron chi connectivity index (χ2n) is 6.44. The van der Waals surface area contributed by atoms with E-state index in [1.807, 2.05) is 36.4 Å². The lowest BCUT2D eigenvalue weighted by Crippen LogP contribution is -2.04. The van der Waals surface area contributed by atoms with Crippen LogP contribution in [-0.2, 0) is 6.54 Å². The summed E-state index contributed by atoms with van der Waals surface area (Å²) in [5.74, 6) is 1.15. The Morgan fingerprint density at radius 2 is 2.14 bits per heavy atom. The number of benzene rings is 1. The number of hydrogen-bond donors (Lipinski definition) is 1. The van der Waals surface area contributed by atoms with Crippen molar-refractivity contribution in [1.29, 1.82) is 0 Å². The van der Waals surface area contributed by atoms with E-state index in [9.17, 15) is 0 Å². The number of rotatable bonds is 5. The van der Waals surface area contributed by atoms with Crippen LogP contribution in [0.5, 0.6) is 5.75 Å². The van der Waals surface area contributed by atoms with Crippen LogP contribution in [0, 0.1) is 0 Å². The topological polar surface area (TPSA) is 94.6 Å². The summed E-state index contributed by atoms with van der Waals surface area (Å²) in [5, 5.41) is 15.5. The normalized spacial score (nSPS) is 11.2. The van der Waals surface area contributed by atoms with E-state index in [0.29, 0.717) is 28.8 Å². The molecular formula is C20H15ClN6O2. The Kier molecular flexibility index (Phi) is 4.25. The number of aromatic amines is 1. The van der Waals surface area contributed by atoms with Gasteiger partial charge in [0.2, 0.25) is 0 Å². The van der Waals surface area contributed by atoms with E-state index in [1.165, 1.54) is 0 Å². The van der Waals surface area contributed by atoms with E-state index in [1.54, 1.807) is 19.6 Å². The van der Waals surface area contributed by atoms with Crippen molar-refractivity contribution in [1.82, 2.24) is 30.2 Å². The SMILES string of the molecule is COc1cc2cc(-c3ccoc3)n(Cc3cccc(-c4nnn[nH]4)n3)c2cc1Cl. The highest BCUT2D eigenvalue weighted by Crippen LogP contribution is 2.35. The molecule has 0 fully saturated rings. The van der Waals surface area contributed by atoms with Gasteiger partial charge in [0.1, 0.15) is 11.4 Å². The highest BCUT2D eigenvalue weighted by Gasteiger charge is 2.16. The summed E-state index contributed by atoms with van der Waals surface area (Å²) in [4.78, 5) is 4.70. The molecule has 0 saturated carbocycles. The third kappa shape index (κ3) is 3.13. The van der Waals surface area contributed by atoms with Gasteiger partial charge in [-0.05, 0) is 46.8 Å². The molecule has 0 saturated heterocycles. The van der Waals surface area contributed by atoms with Gasteiger partial charge in [0.15, 0.2) is 5.82 Å². The number of hydrogen-bond acceptors (Lipinski definition) is 6. The molecule has 29 heavy (non-hydrogen) atoms. The number of aromatic nitrogens is 6. The minimum Gasteiger partial charge on any atom is -0.495 e. The lowest BCUT2D eigenvalue weighted by molar-refractivity contribution is 0.415. The molecule has 4 aromatic heterocycles. The van der Waals surface area contributed by atoms with Gasteiger partial charge in [-0.1, -0.05) is 17.7 Å². The van der Waals surface area contributed by atoms with Crippen molar-refractivity contribution >= 4 is 22.5 Å².